The average molecular weight is 485 g/mol. The lowest BCUT2D eigenvalue weighted by Gasteiger charge is -2.31. The van der Waals surface area contributed by atoms with Gasteiger partial charge in [-0.1, -0.05) is 30.3 Å². The Hall–Kier alpha value is -4.17. The maximum atomic E-state index is 13.9. The molecule has 2 N–H and O–H groups in total. The maximum absolute atomic E-state index is 13.9. The highest BCUT2D eigenvalue weighted by Gasteiger charge is 2.34. The van der Waals surface area contributed by atoms with Crippen LogP contribution < -0.4 is 20.3 Å². The minimum atomic E-state index is -0.517. The Morgan fingerprint density at radius 1 is 0.889 bits per heavy atom. The molecule has 2 aliphatic rings. The van der Waals surface area contributed by atoms with Gasteiger partial charge in [-0.2, -0.15) is 0 Å². The summed E-state index contributed by atoms with van der Waals surface area (Å²) >= 11 is 0. The molecule has 1 atom stereocenters. The van der Waals surface area contributed by atoms with E-state index < -0.39 is 6.04 Å². The van der Waals surface area contributed by atoms with Gasteiger partial charge in [0, 0.05) is 37.3 Å². The third-order valence-corrected chi connectivity index (χ3v) is 6.61. The van der Waals surface area contributed by atoms with Crippen LogP contribution in [0.1, 0.15) is 38.7 Å². The monoisotopic (exact) mass is 484 g/mol. The van der Waals surface area contributed by atoms with Crippen LogP contribution in [0.5, 0.6) is 5.75 Å². The lowest BCUT2D eigenvalue weighted by Crippen LogP contribution is -2.46. The second-order valence-corrected chi connectivity index (χ2v) is 8.86. The van der Waals surface area contributed by atoms with Crippen molar-refractivity contribution in [3.8, 4) is 5.75 Å². The molecule has 3 aromatic carbocycles. The van der Waals surface area contributed by atoms with Crippen molar-refractivity contribution in [3.05, 3.63) is 89.5 Å². The molecular formula is C28H28N4O4. The summed E-state index contributed by atoms with van der Waals surface area (Å²) in [4.78, 5) is 43.5. The molecule has 0 aliphatic carbocycles. The molecule has 5 rings (SSSR count). The number of carbonyl (C=O) groups is 3. The smallest absolute Gasteiger partial charge is 0.258 e. The molecule has 1 saturated heterocycles. The molecule has 8 nitrogen and oxygen atoms in total. The number of nitrogens with one attached hydrogen (secondary N) is 2. The molecule has 2 aliphatic heterocycles. The van der Waals surface area contributed by atoms with E-state index in [0.29, 0.717) is 41.3 Å². The Labute approximate surface area is 209 Å². The number of anilines is 2. The molecule has 0 aromatic heterocycles. The number of rotatable bonds is 4. The van der Waals surface area contributed by atoms with Crippen LogP contribution in [0.3, 0.4) is 0 Å². The topological polar surface area (TPSA) is 91.0 Å². The summed E-state index contributed by atoms with van der Waals surface area (Å²) in [5.74, 6) is 0.0908. The first kappa shape index (κ1) is 23.6. The lowest BCUT2D eigenvalue weighted by atomic mass is 9.99. The van der Waals surface area contributed by atoms with E-state index in [0.717, 1.165) is 18.7 Å². The highest BCUT2D eigenvalue weighted by Crippen LogP contribution is 2.40. The van der Waals surface area contributed by atoms with Crippen LogP contribution in [0, 0.1) is 0 Å². The number of methoxy groups -OCH3 is 1. The van der Waals surface area contributed by atoms with Crippen LogP contribution in [-0.4, -0.2) is 55.9 Å². The summed E-state index contributed by atoms with van der Waals surface area (Å²) in [6.07, 6.45) is 0.0850. The number of benzene rings is 3. The van der Waals surface area contributed by atoms with Gasteiger partial charge in [-0.3, -0.25) is 19.3 Å². The van der Waals surface area contributed by atoms with Crippen molar-refractivity contribution in [2.24, 2.45) is 0 Å². The molecule has 184 valence electrons. The Balaban J connectivity index is 1.58. The van der Waals surface area contributed by atoms with E-state index in [-0.39, 0.29) is 24.1 Å². The van der Waals surface area contributed by atoms with Gasteiger partial charge in [0.25, 0.3) is 11.8 Å². The Morgan fingerprint density at radius 2 is 1.58 bits per heavy atom. The van der Waals surface area contributed by atoms with Crippen molar-refractivity contribution in [1.82, 2.24) is 10.2 Å². The van der Waals surface area contributed by atoms with Crippen molar-refractivity contribution in [2.45, 2.75) is 12.5 Å². The number of carbonyl (C=O) groups excluding carboxylic acids is 3. The fourth-order valence-corrected chi connectivity index (χ4v) is 4.73. The van der Waals surface area contributed by atoms with Gasteiger partial charge in [-0.25, -0.2) is 0 Å². The highest BCUT2D eigenvalue weighted by atomic mass is 16.5. The maximum Gasteiger partial charge on any atom is 0.258 e. The van der Waals surface area contributed by atoms with Gasteiger partial charge in [0.05, 0.1) is 30.9 Å². The molecule has 0 bridgehead atoms. The molecular weight excluding hydrogens is 456 g/mol. The zero-order chi connectivity index (χ0) is 25.1. The second kappa shape index (κ2) is 10.2. The molecule has 36 heavy (non-hydrogen) atoms. The quantitative estimate of drug-likeness (QED) is 0.592. The van der Waals surface area contributed by atoms with Crippen molar-refractivity contribution in [3.63, 3.8) is 0 Å². The minimum Gasteiger partial charge on any atom is -0.497 e. The normalized spacial score (nSPS) is 17.6. The first-order chi connectivity index (χ1) is 17.5. The average Bonchev–Trinajstić information content (AvgIpc) is 3.08. The van der Waals surface area contributed by atoms with Crippen LogP contribution in [0.2, 0.25) is 0 Å². The summed E-state index contributed by atoms with van der Waals surface area (Å²) in [6, 6.07) is 21.1. The van der Waals surface area contributed by atoms with E-state index in [4.69, 9.17) is 4.74 Å². The fourth-order valence-electron chi connectivity index (χ4n) is 4.73. The molecule has 3 amide bonds. The summed E-state index contributed by atoms with van der Waals surface area (Å²) in [5.41, 5.74) is 2.79. The standard InChI is InChI=1S/C28H28N4O4/c1-36-22-10-7-20(8-11-22)28(35)32-24-12-9-21(27(34)31-15-13-29-14-16-31)17-23(24)30-26(33)18-25(32)19-5-3-2-4-6-19/h2-12,17,25,29H,13-16,18H2,1H3,(H,30,33). The molecule has 0 spiro atoms. The molecule has 3 aromatic rings. The molecule has 1 fully saturated rings. The van der Waals surface area contributed by atoms with Crippen molar-refractivity contribution < 1.29 is 19.1 Å². The van der Waals surface area contributed by atoms with Gasteiger partial charge in [0.15, 0.2) is 0 Å². The molecule has 0 saturated carbocycles. The van der Waals surface area contributed by atoms with Gasteiger partial charge < -0.3 is 20.3 Å². The number of amides is 3. The molecule has 0 radical (unpaired) electrons. The lowest BCUT2D eigenvalue weighted by molar-refractivity contribution is -0.116. The number of hydrogen-bond acceptors (Lipinski definition) is 5. The third-order valence-electron chi connectivity index (χ3n) is 6.61. The summed E-state index contributed by atoms with van der Waals surface area (Å²) in [7, 11) is 1.57. The predicted octanol–water partition coefficient (Wildman–Crippen LogP) is 3.47. The van der Waals surface area contributed by atoms with Crippen molar-refractivity contribution >= 4 is 29.1 Å². The van der Waals surface area contributed by atoms with E-state index in [9.17, 15) is 14.4 Å². The van der Waals surface area contributed by atoms with E-state index in [1.807, 2.05) is 30.3 Å². The van der Waals surface area contributed by atoms with Crippen LogP contribution in [0.25, 0.3) is 0 Å². The van der Waals surface area contributed by atoms with Crippen LogP contribution >= 0.6 is 0 Å². The van der Waals surface area contributed by atoms with Gasteiger partial charge in [-0.15, -0.1) is 0 Å². The Kier molecular flexibility index (Phi) is 6.69. The first-order valence-corrected chi connectivity index (χ1v) is 12.0. The summed E-state index contributed by atoms with van der Waals surface area (Å²) < 4.78 is 5.24. The SMILES string of the molecule is COc1ccc(C(=O)N2c3ccc(C(=O)N4CCNCC4)cc3NC(=O)CC2c2ccccc2)cc1. The van der Waals surface area contributed by atoms with Crippen molar-refractivity contribution in [1.29, 1.82) is 0 Å². The van der Waals surface area contributed by atoms with Gasteiger partial charge in [0.2, 0.25) is 5.91 Å². The minimum absolute atomic E-state index is 0.0850. The number of piperazine rings is 1. The van der Waals surface area contributed by atoms with Gasteiger partial charge in [-0.05, 0) is 48.0 Å². The summed E-state index contributed by atoms with van der Waals surface area (Å²) in [5, 5.41) is 6.18. The second-order valence-electron chi connectivity index (χ2n) is 8.86. The zero-order valence-corrected chi connectivity index (χ0v) is 20.1. The number of hydrogen-bond donors (Lipinski definition) is 2. The largest absolute Gasteiger partial charge is 0.497 e. The van der Waals surface area contributed by atoms with Gasteiger partial charge in [0.1, 0.15) is 5.75 Å². The molecule has 8 heteroatoms. The van der Waals surface area contributed by atoms with E-state index in [1.54, 1.807) is 59.4 Å². The highest BCUT2D eigenvalue weighted by molar-refractivity contribution is 6.12. The summed E-state index contributed by atoms with van der Waals surface area (Å²) in [6.45, 7) is 2.74. The Morgan fingerprint density at radius 3 is 2.28 bits per heavy atom. The van der Waals surface area contributed by atoms with Crippen molar-refractivity contribution in [2.75, 3.05) is 43.5 Å². The fraction of sp³-hybridized carbons (Fsp3) is 0.250. The van der Waals surface area contributed by atoms with Gasteiger partial charge >= 0.3 is 0 Å². The number of ether oxygens (including phenoxy) is 1. The number of nitrogens with zero attached hydrogens (tertiary/aromatic N) is 2. The van der Waals surface area contributed by atoms with E-state index in [1.165, 1.54) is 0 Å². The molecule has 1 unspecified atom stereocenters. The number of fused-ring (bicyclic) bond motifs is 1. The van der Waals surface area contributed by atoms with Crippen LogP contribution in [0.4, 0.5) is 11.4 Å². The van der Waals surface area contributed by atoms with Crippen LogP contribution in [0.15, 0.2) is 72.8 Å². The van der Waals surface area contributed by atoms with E-state index >= 15 is 0 Å². The first-order valence-electron chi connectivity index (χ1n) is 12.0. The van der Waals surface area contributed by atoms with Crippen LogP contribution in [-0.2, 0) is 4.79 Å². The Bertz CT molecular complexity index is 1270. The van der Waals surface area contributed by atoms with E-state index in [2.05, 4.69) is 10.6 Å². The third kappa shape index (κ3) is 4.67. The molecule has 2 heterocycles. The predicted molar refractivity (Wildman–Crippen MR) is 137 cm³/mol. The zero-order valence-electron chi connectivity index (χ0n) is 20.1.